The molecule has 1 aromatic heterocycles. The predicted molar refractivity (Wildman–Crippen MR) is 106 cm³/mol. The van der Waals surface area contributed by atoms with Gasteiger partial charge in [-0.25, -0.2) is 13.2 Å². The van der Waals surface area contributed by atoms with E-state index in [0.717, 1.165) is 6.07 Å². The molecule has 4 rings (SSSR count). The molecule has 0 bridgehead atoms. The first-order chi connectivity index (χ1) is 14.3. The van der Waals surface area contributed by atoms with Crippen LogP contribution in [0.15, 0.2) is 36.4 Å². The fraction of sp³-hybridized carbons (Fsp3) is 0.273. The Labute approximate surface area is 170 Å². The van der Waals surface area contributed by atoms with Crippen LogP contribution in [0.4, 0.5) is 13.2 Å². The van der Waals surface area contributed by atoms with Crippen LogP contribution in [0.1, 0.15) is 25.3 Å². The lowest BCUT2D eigenvalue weighted by atomic mass is 10.0. The molecule has 5 nitrogen and oxygen atoms in total. The second-order valence-electron chi connectivity index (χ2n) is 7.56. The van der Waals surface area contributed by atoms with Crippen molar-refractivity contribution in [3.8, 4) is 11.3 Å². The van der Waals surface area contributed by atoms with Crippen molar-refractivity contribution in [2.45, 2.75) is 38.3 Å². The minimum absolute atomic E-state index is 0.00699. The fourth-order valence-corrected chi connectivity index (χ4v) is 3.89. The van der Waals surface area contributed by atoms with Crippen LogP contribution in [0.25, 0.3) is 22.2 Å². The van der Waals surface area contributed by atoms with Gasteiger partial charge in [0.1, 0.15) is 23.5 Å². The Morgan fingerprint density at radius 1 is 1.13 bits per heavy atom. The van der Waals surface area contributed by atoms with Crippen LogP contribution in [0.2, 0.25) is 0 Å². The average molecular weight is 415 g/mol. The van der Waals surface area contributed by atoms with E-state index in [9.17, 15) is 22.8 Å². The number of carbonyl (C=O) groups excluding carboxylic acids is 2. The molecule has 3 N–H and O–H groups in total. The molecule has 2 amide bonds. The highest BCUT2D eigenvalue weighted by molar-refractivity contribution is 5.93. The monoisotopic (exact) mass is 415 g/mol. The van der Waals surface area contributed by atoms with Gasteiger partial charge < -0.3 is 15.6 Å². The molecule has 0 radical (unpaired) electrons. The summed E-state index contributed by atoms with van der Waals surface area (Å²) < 4.78 is 41.5. The average Bonchev–Trinajstić information content (AvgIpc) is 3.20. The minimum Gasteiger partial charge on any atom is -0.352 e. The van der Waals surface area contributed by atoms with Crippen LogP contribution in [-0.2, 0) is 16.0 Å². The number of carbonyl (C=O) groups is 2. The number of amides is 2. The van der Waals surface area contributed by atoms with Crippen molar-refractivity contribution in [1.82, 2.24) is 15.6 Å². The summed E-state index contributed by atoms with van der Waals surface area (Å²) in [6.07, 6.45) is 0.720. The summed E-state index contributed by atoms with van der Waals surface area (Å²) in [5.74, 6) is -2.45. The van der Waals surface area contributed by atoms with Gasteiger partial charge >= 0.3 is 0 Å². The Balaban J connectivity index is 1.63. The first-order valence-corrected chi connectivity index (χ1v) is 9.67. The number of benzene rings is 2. The third kappa shape index (κ3) is 3.90. The van der Waals surface area contributed by atoms with Crippen LogP contribution < -0.4 is 10.6 Å². The molecule has 1 aliphatic heterocycles. The van der Waals surface area contributed by atoms with E-state index in [4.69, 9.17) is 0 Å². The van der Waals surface area contributed by atoms with E-state index >= 15 is 0 Å². The van der Waals surface area contributed by atoms with Crippen molar-refractivity contribution in [2.24, 2.45) is 0 Å². The maximum atomic E-state index is 14.3. The molecule has 1 fully saturated rings. The number of H-pyrrole nitrogens is 1. The van der Waals surface area contributed by atoms with Gasteiger partial charge in [-0.15, -0.1) is 0 Å². The molecule has 3 aromatic rings. The summed E-state index contributed by atoms with van der Waals surface area (Å²) in [6.45, 7) is 1.86. The fourth-order valence-electron chi connectivity index (χ4n) is 3.89. The van der Waals surface area contributed by atoms with E-state index in [1.807, 2.05) is 6.92 Å². The van der Waals surface area contributed by atoms with Gasteiger partial charge in [0.2, 0.25) is 11.8 Å². The number of fused-ring (bicyclic) bond motifs is 1. The van der Waals surface area contributed by atoms with Gasteiger partial charge in [0.05, 0.1) is 5.52 Å². The number of rotatable bonds is 5. The summed E-state index contributed by atoms with van der Waals surface area (Å²) in [5, 5.41) is 5.77. The molecular weight excluding hydrogens is 395 g/mol. The van der Waals surface area contributed by atoms with Gasteiger partial charge in [0.25, 0.3) is 0 Å². The highest BCUT2D eigenvalue weighted by atomic mass is 19.1. The van der Waals surface area contributed by atoms with E-state index in [1.165, 1.54) is 30.3 Å². The molecule has 0 spiro atoms. The maximum absolute atomic E-state index is 14.3. The summed E-state index contributed by atoms with van der Waals surface area (Å²) >= 11 is 0. The Bertz CT molecular complexity index is 1120. The maximum Gasteiger partial charge on any atom is 0.242 e. The van der Waals surface area contributed by atoms with E-state index < -0.39 is 23.5 Å². The smallest absolute Gasteiger partial charge is 0.242 e. The van der Waals surface area contributed by atoms with Crippen molar-refractivity contribution in [1.29, 1.82) is 0 Å². The van der Waals surface area contributed by atoms with Gasteiger partial charge in [0, 0.05) is 29.6 Å². The van der Waals surface area contributed by atoms with Crippen LogP contribution >= 0.6 is 0 Å². The van der Waals surface area contributed by atoms with Crippen molar-refractivity contribution in [3.05, 3.63) is 59.4 Å². The van der Waals surface area contributed by atoms with Crippen LogP contribution in [0.5, 0.6) is 0 Å². The number of hydrogen-bond acceptors (Lipinski definition) is 2. The lowest BCUT2D eigenvalue weighted by Crippen LogP contribution is -2.40. The second-order valence-corrected chi connectivity index (χ2v) is 7.56. The molecule has 2 heterocycles. The molecule has 0 saturated carbocycles. The van der Waals surface area contributed by atoms with Crippen molar-refractivity contribution in [2.75, 3.05) is 0 Å². The molecule has 156 valence electrons. The van der Waals surface area contributed by atoms with Crippen LogP contribution in [-0.4, -0.2) is 28.9 Å². The molecule has 8 heteroatoms. The molecular formula is C22H20F3N3O2. The van der Waals surface area contributed by atoms with E-state index in [0.29, 0.717) is 28.6 Å². The molecule has 2 aromatic carbocycles. The molecule has 0 aliphatic carbocycles. The van der Waals surface area contributed by atoms with Crippen LogP contribution in [0.3, 0.4) is 0 Å². The Hall–Kier alpha value is -3.29. The van der Waals surface area contributed by atoms with Crippen molar-refractivity contribution >= 4 is 22.7 Å². The zero-order valence-corrected chi connectivity index (χ0v) is 16.2. The zero-order chi connectivity index (χ0) is 21.4. The number of aromatic nitrogens is 1. The lowest BCUT2D eigenvalue weighted by molar-refractivity contribution is -0.127. The lowest BCUT2D eigenvalue weighted by Gasteiger charge is -2.11. The third-order valence-electron chi connectivity index (χ3n) is 5.30. The van der Waals surface area contributed by atoms with E-state index in [2.05, 4.69) is 15.6 Å². The number of aromatic amines is 1. The van der Waals surface area contributed by atoms with Gasteiger partial charge in [0.15, 0.2) is 0 Å². The van der Waals surface area contributed by atoms with E-state index in [-0.39, 0.29) is 36.2 Å². The third-order valence-corrected chi connectivity index (χ3v) is 5.30. The second kappa shape index (κ2) is 7.85. The SMILES string of the molecule is CC1CC(NC(=O)CCc2c(-c3ccc(F)cc3)[nH]c3c(F)cc(F)cc23)C(=O)N1. The highest BCUT2D eigenvalue weighted by Crippen LogP contribution is 2.33. The first-order valence-electron chi connectivity index (χ1n) is 9.67. The Morgan fingerprint density at radius 2 is 1.87 bits per heavy atom. The van der Waals surface area contributed by atoms with Gasteiger partial charge in [-0.2, -0.15) is 0 Å². The summed E-state index contributed by atoms with van der Waals surface area (Å²) in [4.78, 5) is 27.2. The molecule has 30 heavy (non-hydrogen) atoms. The quantitative estimate of drug-likeness (QED) is 0.596. The standard InChI is InChI=1S/C22H20F3N3O2/c1-11-8-18(22(30)26-11)27-19(29)7-6-15-16-9-14(24)10-17(25)21(16)28-20(15)12-2-4-13(23)5-3-12/h2-5,9-11,18,28H,6-8H2,1H3,(H,26,30)(H,27,29). The van der Waals surface area contributed by atoms with Gasteiger partial charge in [-0.1, -0.05) is 0 Å². The highest BCUT2D eigenvalue weighted by Gasteiger charge is 2.30. The molecule has 1 saturated heterocycles. The Morgan fingerprint density at radius 3 is 2.53 bits per heavy atom. The largest absolute Gasteiger partial charge is 0.352 e. The molecule has 2 unspecified atom stereocenters. The number of halogens is 3. The minimum atomic E-state index is -0.749. The zero-order valence-electron chi connectivity index (χ0n) is 16.2. The first kappa shape index (κ1) is 20.0. The van der Waals surface area contributed by atoms with Gasteiger partial charge in [-0.3, -0.25) is 9.59 Å². The number of aryl methyl sites for hydroxylation is 1. The number of nitrogens with one attached hydrogen (secondary N) is 3. The summed E-state index contributed by atoms with van der Waals surface area (Å²) in [7, 11) is 0. The van der Waals surface area contributed by atoms with E-state index in [1.54, 1.807) is 0 Å². The van der Waals surface area contributed by atoms with Crippen molar-refractivity contribution in [3.63, 3.8) is 0 Å². The molecule has 1 aliphatic rings. The number of hydrogen-bond donors (Lipinski definition) is 3. The normalized spacial score (nSPS) is 18.6. The van der Waals surface area contributed by atoms with Gasteiger partial charge in [-0.05, 0) is 61.2 Å². The van der Waals surface area contributed by atoms with Crippen molar-refractivity contribution < 1.29 is 22.8 Å². The molecule has 2 atom stereocenters. The Kier molecular flexibility index (Phi) is 5.24. The topological polar surface area (TPSA) is 74.0 Å². The summed E-state index contributed by atoms with van der Waals surface area (Å²) in [5.41, 5.74) is 1.76. The summed E-state index contributed by atoms with van der Waals surface area (Å²) in [6, 6.07) is 7.01. The van der Waals surface area contributed by atoms with Crippen LogP contribution in [0, 0.1) is 17.5 Å². The predicted octanol–water partition coefficient (Wildman–Crippen LogP) is 3.58.